The second kappa shape index (κ2) is 6.88. The van der Waals surface area contributed by atoms with Gasteiger partial charge in [0.05, 0.1) is 23.3 Å². The monoisotopic (exact) mass is 314 g/mol. The fraction of sp³-hybridized carbons (Fsp3) is 0.278. The van der Waals surface area contributed by atoms with Crippen molar-refractivity contribution in [2.75, 3.05) is 12.4 Å². The molecule has 0 amide bonds. The molecule has 0 aromatic heterocycles. The van der Waals surface area contributed by atoms with Crippen molar-refractivity contribution in [1.82, 2.24) is 0 Å². The smallest absolute Gasteiger partial charge is 0.309 e. The van der Waals surface area contributed by atoms with E-state index in [1.54, 1.807) is 0 Å². The van der Waals surface area contributed by atoms with Crippen LogP contribution in [0.2, 0.25) is 0 Å². The summed E-state index contributed by atoms with van der Waals surface area (Å²) < 4.78 is 17.7. The molecule has 114 valence electrons. The van der Waals surface area contributed by atoms with Crippen LogP contribution >= 0.6 is 0 Å². The van der Waals surface area contributed by atoms with Crippen LogP contribution in [-0.2, 0) is 26.8 Å². The van der Waals surface area contributed by atoms with E-state index in [0.717, 1.165) is 10.5 Å². The first-order valence-corrected chi connectivity index (χ1v) is 8.70. The van der Waals surface area contributed by atoms with Crippen LogP contribution in [0.4, 0.5) is 0 Å². The van der Waals surface area contributed by atoms with Crippen molar-refractivity contribution < 1.29 is 13.7 Å². The predicted octanol–water partition coefficient (Wildman–Crippen LogP) is 2.83. The lowest BCUT2D eigenvalue weighted by Gasteiger charge is -2.15. The summed E-state index contributed by atoms with van der Waals surface area (Å²) in [4.78, 5) is 12.8. The lowest BCUT2D eigenvalue weighted by molar-refractivity contribution is -0.141. The van der Waals surface area contributed by atoms with Gasteiger partial charge in [0, 0.05) is 16.6 Å². The molecule has 2 aromatic carbocycles. The molecule has 3 nitrogen and oxygen atoms in total. The first kappa shape index (κ1) is 15.0. The zero-order valence-electron chi connectivity index (χ0n) is 12.2. The average molecular weight is 314 g/mol. The molecule has 0 N–H and O–H groups in total. The number of carbonyl (C=O) groups excluding carboxylic acids is 1. The van der Waals surface area contributed by atoms with Gasteiger partial charge < -0.3 is 4.74 Å². The highest BCUT2D eigenvalue weighted by Crippen LogP contribution is 2.28. The van der Waals surface area contributed by atoms with Crippen molar-refractivity contribution in [1.29, 1.82) is 0 Å². The number of esters is 1. The minimum Gasteiger partial charge on any atom is -0.465 e. The fourth-order valence-electron chi connectivity index (χ4n) is 2.75. The van der Waals surface area contributed by atoms with Gasteiger partial charge in [0.1, 0.15) is 0 Å². The fourth-order valence-corrected chi connectivity index (χ4v) is 4.12. The lowest BCUT2D eigenvalue weighted by atomic mass is 9.90. The first-order chi connectivity index (χ1) is 10.7. The molecular weight excluding hydrogens is 296 g/mol. The Morgan fingerprint density at radius 2 is 1.64 bits per heavy atom. The van der Waals surface area contributed by atoms with Gasteiger partial charge in [0.2, 0.25) is 0 Å². The highest BCUT2D eigenvalue weighted by Gasteiger charge is 2.37. The normalized spacial score (nSPS) is 22.3. The molecule has 22 heavy (non-hydrogen) atoms. The number of hydrogen-bond donors (Lipinski definition) is 0. The zero-order chi connectivity index (χ0) is 15.4. The largest absolute Gasteiger partial charge is 0.465 e. The average Bonchev–Trinajstić information content (AvgIpc) is 2.90. The first-order valence-electron chi connectivity index (χ1n) is 7.38. The topological polar surface area (TPSA) is 43.4 Å². The Labute approximate surface area is 132 Å². The van der Waals surface area contributed by atoms with Gasteiger partial charge in [0.15, 0.2) is 0 Å². The summed E-state index contributed by atoms with van der Waals surface area (Å²) in [6, 6.07) is 19.3. The van der Waals surface area contributed by atoms with E-state index in [1.807, 2.05) is 60.7 Å². The van der Waals surface area contributed by atoms with Crippen molar-refractivity contribution in [2.45, 2.75) is 11.3 Å². The van der Waals surface area contributed by atoms with Gasteiger partial charge in [-0.1, -0.05) is 48.5 Å². The Morgan fingerprint density at radius 3 is 2.32 bits per heavy atom. The maximum atomic E-state index is 12.4. The standard InChI is InChI=1S/C18H18O3S/c19-18-17(11-14-7-3-1-4-8-14)15(12-21-18)13-22(20)16-9-5-2-6-10-16/h1-10,15,17H,11-13H2/t15-,17-,22?/m1/s1. The van der Waals surface area contributed by atoms with Crippen LogP contribution in [0.25, 0.3) is 0 Å². The second-order valence-electron chi connectivity index (χ2n) is 5.51. The third-order valence-electron chi connectivity index (χ3n) is 3.98. The molecule has 0 aliphatic carbocycles. The number of cyclic esters (lactones) is 1. The molecule has 3 rings (SSSR count). The molecule has 1 fully saturated rings. The molecule has 0 spiro atoms. The maximum absolute atomic E-state index is 12.4. The highest BCUT2D eigenvalue weighted by atomic mass is 32.2. The van der Waals surface area contributed by atoms with Crippen molar-refractivity contribution >= 4 is 16.8 Å². The van der Waals surface area contributed by atoms with E-state index < -0.39 is 10.8 Å². The number of rotatable bonds is 5. The molecule has 0 bridgehead atoms. The number of hydrogen-bond acceptors (Lipinski definition) is 3. The van der Waals surface area contributed by atoms with Gasteiger partial charge in [-0.3, -0.25) is 9.00 Å². The van der Waals surface area contributed by atoms with Crippen LogP contribution in [0, 0.1) is 11.8 Å². The van der Waals surface area contributed by atoms with Crippen LogP contribution in [-0.4, -0.2) is 22.5 Å². The summed E-state index contributed by atoms with van der Waals surface area (Å²) in [5.41, 5.74) is 1.11. The van der Waals surface area contributed by atoms with Crippen LogP contribution in [0.3, 0.4) is 0 Å². The van der Waals surface area contributed by atoms with Crippen molar-refractivity contribution in [3.8, 4) is 0 Å². The summed E-state index contributed by atoms with van der Waals surface area (Å²) in [7, 11) is -1.10. The highest BCUT2D eigenvalue weighted by molar-refractivity contribution is 7.85. The summed E-state index contributed by atoms with van der Waals surface area (Å²) in [5.74, 6) is 0.107. The van der Waals surface area contributed by atoms with Gasteiger partial charge in [-0.05, 0) is 24.1 Å². The summed E-state index contributed by atoms with van der Waals surface area (Å²) >= 11 is 0. The number of benzene rings is 2. The molecule has 1 aliphatic heterocycles. The van der Waals surface area contributed by atoms with E-state index in [9.17, 15) is 9.00 Å². The second-order valence-corrected chi connectivity index (χ2v) is 7.01. The van der Waals surface area contributed by atoms with E-state index >= 15 is 0 Å². The summed E-state index contributed by atoms with van der Waals surface area (Å²) in [6.45, 7) is 0.370. The van der Waals surface area contributed by atoms with Gasteiger partial charge in [-0.25, -0.2) is 0 Å². The Balaban J connectivity index is 1.70. The molecule has 1 saturated heterocycles. The van der Waals surface area contributed by atoms with Crippen LogP contribution < -0.4 is 0 Å². The zero-order valence-corrected chi connectivity index (χ0v) is 13.0. The molecule has 3 atom stereocenters. The molecule has 0 saturated carbocycles. The molecule has 1 heterocycles. The van der Waals surface area contributed by atoms with Gasteiger partial charge in [-0.2, -0.15) is 0 Å². The lowest BCUT2D eigenvalue weighted by Crippen LogP contribution is -2.23. The van der Waals surface area contributed by atoms with E-state index in [4.69, 9.17) is 4.74 Å². The maximum Gasteiger partial charge on any atom is 0.309 e. The third-order valence-corrected chi connectivity index (χ3v) is 5.51. The minimum atomic E-state index is -1.10. The molecule has 2 aromatic rings. The van der Waals surface area contributed by atoms with E-state index in [-0.39, 0.29) is 17.8 Å². The predicted molar refractivity (Wildman–Crippen MR) is 85.8 cm³/mol. The molecule has 1 aliphatic rings. The van der Waals surface area contributed by atoms with Crippen molar-refractivity contribution in [3.63, 3.8) is 0 Å². The number of ether oxygens (including phenoxy) is 1. The quantitative estimate of drug-likeness (QED) is 0.797. The summed E-state index contributed by atoms with van der Waals surface area (Å²) in [5, 5.41) is 0. The van der Waals surface area contributed by atoms with Crippen LogP contribution in [0.5, 0.6) is 0 Å². The SMILES string of the molecule is O=C1OC[C@H](CS(=O)c2ccccc2)[C@H]1Cc1ccccc1. The summed E-state index contributed by atoms with van der Waals surface area (Å²) in [6.07, 6.45) is 0.649. The molecule has 0 radical (unpaired) electrons. The third kappa shape index (κ3) is 3.45. The van der Waals surface area contributed by atoms with E-state index in [1.165, 1.54) is 0 Å². The van der Waals surface area contributed by atoms with Crippen LogP contribution in [0.1, 0.15) is 5.56 Å². The van der Waals surface area contributed by atoms with Gasteiger partial charge in [0.25, 0.3) is 0 Å². The van der Waals surface area contributed by atoms with E-state index in [0.29, 0.717) is 18.8 Å². The Hall–Kier alpha value is -1.94. The Morgan fingerprint density at radius 1 is 1.00 bits per heavy atom. The van der Waals surface area contributed by atoms with Gasteiger partial charge >= 0.3 is 5.97 Å². The van der Waals surface area contributed by atoms with Crippen molar-refractivity contribution in [3.05, 3.63) is 66.2 Å². The molecular formula is C18H18O3S. The van der Waals surface area contributed by atoms with Crippen LogP contribution in [0.15, 0.2) is 65.6 Å². The number of carbonyl (C=O) groups is 1. The van der Waals surface area contributed by atoms with E-state index in [2.05, 4.69) is 0 Å². The minimum absolute atomic E-state index is 0.00810. The molecule has 4 heteroatoms. The Kier molecular flexibility index (Phi) is 4.68. The van der Waals surface area contributed by atoms with Crippen molar-refractivity contribution in [2.24, 2.45) is 11.8 Å². The van der Waals surface area contributed by atoms with Gasteiger partial charge in [-0.15, -0.1) is 0 Å². The Bertz CT molecular complexity index is 655. The molecule has 1 unspecified atom stereocenters.